The maximum Gasteiger partial charge on any atom is 0.230 e. The molecule has 26 heavy (non-hydrogen) atoms. The van der Waals surface area contributed by atoms with E-state index in [1.54, 1.807) is 6.26 Å². The number of fused-ring (bicyclic) bond motifs is 2. The topological polar surface area (TPSA) is 55.1 Å². The molecule has 0 bridgehead atoms. The zero-order valence-corrected chi connectivity index (χ0v) is 15.8. The van der Waals surface area contributed by atoms with Crippen LogP contribution < -0.4 is 5.32 Å². The Morgan fingerprint density at radius 2 is 2.08 bits per heavy atom. The smallest absolute Gasteiger partial charge is 0.230 e. The van der Waals surface area contributed by atoms with E-state index in [0.717, 1.165) is 26.7 Å². The first-order valence-electron chi connectivity index (χ1n) is 8.67. The number of aromatic nitrogens is 1. The van der Waals surface area contributed by atoms with Crippen LogP contribution in [0.4, 0.5) is 5.13 Å². The van der Waals surface area contributed by atoms with Crippen molar-refractivity contribution in [3.05, 3.63) is 59.4 Å². The number of amides is 1. The van der Waals surface area contributed by atoms with Gasteiger partial charge in [0, 0.05) is 10.9 Å². The van der Waals surface area contributed by atoms with Crippen molar-refractivity contribution in [2.75, 3.05) is 5.32 Å². The zero-order valence-electron chi connectivity index (χ0n) is 15.0. The van der Waals surface area contributed by atoms with Gasteiger partial charge in [-0.05, 0) is 48.2 Å². The number of rotatable bonds is 4. The maximum atomic E-state index is 12.5. The SMILES string of the molecule is Cc1cc2occ(CC(=O)Nc3nc4ccccc4s3)c2cc1C(C)C. The summed E-state index contributed by atoms with van der Waals surface area (Å²) in [7, 11) is 0. The van der Waals surface area contributed by atoms with Gasteiger partial charge >= 0.3 is 0 Å². The number of hydrogen-bond acceptors (Lipinski definition) is 4. The van der Waals surface area contributed by atoms with Gasteiger partial charge in [-0.2, -0.15) is 0 Å². The van der Waals surface area contributed by atoms with E-state index in [-0.39, 0.29) is 12.3 Å². The summed E-state index contributed by atoms with van der Waals surface area (Å²) in [6.07, 6.45) is 1.95. The molecule has 0 spiro atoms. The lowest BCUT2D eigenvalue weighted by Crippen LogP contribution is -2.13. The fourth-order valence-electron chi connectivity index (χ4n) is 3.27. The number of para-hydroxylation sites is 1. The Morgan fingerprint density at radius 3 is 2.85 bits per heavy atom. The second kappa shape index (κ2) is 6.57. The fourth-order valence-corrected chi connectivity index (χ4v) is 4.15. The number of nitrogens with zero attached hydrogens (tertiary/aromatic N) is 1. The number of benzene rings is 2. The molecular formula is C21H20N2O2S. The highest BCUT2D eigenvalue weighted by atomic mass is 32.1. The Bertz CT molecular complexity index is 1070. The first kappa shape index (κ1) is 16.8. The van der Waals surface area contributed by atoms with Gasteiger partial charge in [0.2, 0.25) is 5.91 Å². The average Bonchev–Trinajstić information content (AvgIpc) is 3.17. The van der Waals surface area contributed by atoms with Crippen LogP contribution in [0.2, 0.25) is 0 Å². The Labute approximate surface area is 155 Å². The number of hydrogen-bond donors (Lipinski definition) is 1. The van der Waals surface area contributed by atoms with Gasteiger partial charge in [-0.1, -0.05) is 37.3 Å². The highest BCUT2D eigenvalue weighted by Crippen LogP contribution is 2.30. The summed E-state index contributed by atoms with van der Waals surface area (Å²) < 4.78 is 6.73. The number of carbonyl (C=O) groups excluding carboxylic acids is 1. The zero-order chi connectivity index (χ0) is 18.3. The molecule has 0 saturated carbocycles. The molecule has 0 unspecified atom stereocenters. The number of furan rings is 1. The Hall–Kier alpha value is -2.66. The van der Waals surface area contributed by atoms with Crippen LogP contribution in [-0.2, 0) is 11.2 Å². The number of nitrogens with one attached hydrogen (secondary N) is 1. The lowest BCUT2D eigenvalue weighted by molar-refractivity contribution is -0.115. The first-order valence-corrected chi connectivity index (χ1v) is 9.49. The van der Waals surface area contributed by atoms with Crippen LogP contribution in [0.5, 0.6) is 0 Å². The molecule has 2 aromatic carbocycles. The predicted molar refractivity (Wildman–Crippen MR) is 107 cm³/mol. The molecule has 132 valence electrons. The van der Waals surface area contributed by atoms with Gasteiger partial charge in [0.15, 0.2) is 5.13 Å². The molecule has 0 aliphatic carbocycles. The van der Waals surface area contributed by atoms with Crippen molar-refractivity contribution < 1.29 is 9.21 Å². The molecule has 5 heteroatoms. The van der Waals surface area contributed by atoms with Crippen LogP contribution in [-0.4, -0.2) is 10.9 Å². The average molecular weight is 364 g/mol. The van der Waals surface area contributed by atoms with E-state index < -0.39 is 0 Å². The number of anilines is 1. The van der Waals surface area contributed by atoms with Crippen molar-refractivity contribution in [3.63, 3.8) is 0 Å². The van der Waals surface area contributed by atoms with E-state index in [0.29, 0.717) is 11.0 Å². The Morgan fingerprint density at radius 1 is 1.27 bits per heavy atom. The van der Waals surface area contributed by atoms with Crippen LogP contribution in [0.15, 0.2) is 47.1 Å². The van der Waals surface area contributed by atoms with E-state index in [2.05, 4.69) is 43.2 Å². The Kier molecular flexibility index (Phi) is 4.24. The molecule has 1 amide bonds. The monoisotopic (exact) mass is 364 g/mol. The molecule has 0 aliphatic rings. The van der Waals surface area contributed by atoms with Gasteiger partial charge in [0.05, 0.1) is 22.9 Å². The molecule has 4 nitrogen and oxygen atoms in total. The minimum Gasteiger partial charge on any atom is -0.464 e. The molecule has 0 aliphatic heterocycles. The summed E-state index contributed by atoms with van der Waals surface area (Å²) >= 11 is 1.48. The third-order valence-corrected chi connectivity index (χ3v) is 5.51. The molecule has 2 aromatic heterocycles. The molecule has 0 radical (unpaired) electrons. The van der Waals surface area contributed by atoms with Crippen molar-refractivity contribution in [1.29, 1.82) is 0 Å². The maximum absolute atomic E-state index is 12.5. The van der Waals surface area contributed by atoms with Crippen LogP contribution in [0.1, 0.15) is 36.5 Å². The summed E-state index contributed by atoms with van der Waals surface area (Å²) in [6.45, 7) is 6.44. The normalized spacial score (nSPS) is 11.5. The Balaban J connectivity index is 1.58. The molecule has 0 atom stereocenters. The van der Waals surface area contributed by atoms with Crippen LogP contribution in [0.25, 0.3) is 21.2 Å². The van der Waals surface area contributed by atoms with E-state index in [9.17, 15) is 4.79 Å². The third-order valence-electron chi connectivity index (χ3n) is 4.56. The highest BCUT2D eigenvalue weighted by molar-refractivity contribution is 7.22. The molecule has 2 heterocycles. The molecular weight excluding hydrogens is 344 g/mol. The van der Waals surface area contributed by atoms with Gasteiger partial charge in [0.25, 0.3) is 0 Å². The lowest BCUT2D eigenvalue weighted by atomic mass is 9.95. The third kappa shape index (κ3) is 3.10. The van der Waals surface area contributed by atoms with Gasteiger partial charge in [-0.3, -0.25) is 4.79 Å². The van der Waals surface area contributed by atoms with Crippen molar-refractivity contribution in [2.45, 2.75) is 33.1 Å². The van der Waals surface area contributed by atoms with Crippen molar-refractivity contribution in [2.24, 2.45) is 0 Å². The summed E-state index contributed by atoms with van der Waals surface area (Å²) in [5, 5.41) is 4.55. The molecule has 0 fully saturated rings. The van der Waals surface area contributed by atoms with E-state index in [1.165, 1.54) is 22.5 Å². The molecule has 0 saturated heterocycles. The van der Waals surface area contributed by atoms with E-state index in [1.807, 2.05) is 24.3 Å². The number of aryl methyl sites for hydroxylation is 1. The minimum atomic E-state index is -0.0848. The molecule has 1 N–H and O–H groups in total. The fraction of sp³-hybridized carbons (Fsp3) is 0.238. The standard InChI is InChI=1S/C21H20N2O2S/c1-12(2)15-10-16-14(11-25-18(16)8-13(15)3)9-20(24)23-21-22-17-6-4-5-7-19(17)26-21/h4-8,10-12H,9H2,1-3H3,(H,22,23,24). The van der Waals surface area contributed by atoms with E-state index in [4.69, 9.17) is 4.42 Å². The highest BCUT2D eigenvalue weighted by Gasteiger charge is 2.15. The summed E-state index contributed by atoms with van der Waals surface area (Å²) in [5.41, 5.74) is 5.13. The van der Waals surface area contributed by atoms with Crippen molar-refractivity contribution in [1.82, 2.24) is 4.98 Å². The van der Waals surface area contributed by atoms with Crippen molar-refractivity contribution >= 4 is 43.6 Å². The van der Waals surface area contributed by atoms with Gasteiger partial charge in [0.1, 0.15) is 5.58 Å². The summed E-state index contributed by atoms with van der Waals surface area (Å²) in [6, 6.07) is 12.1. The largest absolute Gasteiger partial charge is 0.464 e. The van der Waals surface area contributed by atoms with Gasteiger partial charge < -0.3 is 9.73 Å². The summed E-state index contributed by atoms with van der Waals surface area (Å²) in [5.74, 6) is 0.345. The first-order chi connectivity index (χ1) is 12.5. The molecule has 4 rings (SSSR count). The van der Waals surface area contributed by atoms with Crippen LogP contribution in [0.3, 0.4) is 0 Å². The number of carbonyl (C=O) groups is 1. The number of thiazole rings is 1. The lowest BCUT2D eigenvalue weighted by Gasteiger charge is -2.09. The minimum absolute atomic E-state index is 0.0848. The van der Waals surface area contributed by atoms with E-state index >= 15 is 0 Å². The van der Waals surface area contributed by atoms with Gasteiger partial charge in [-0.25, -0.2) is 4.98 Å². The second-order valence-corrected chi connectivity index (χ2v) is 7.86. The quantitative estimate of drug-likeness (QED) is 0.509. The van der Waals surface area contributed by atoms with Gasteiger partial charge in [-0.15, -0.1) is 0 Å². The van der Waals surface area contributed by atoms with Crippen LogP contribution >= 0.6 is 11.3 Å². The van der Waals surface area contributed by atoms with Crippen molar-refractivity contribution in [3.8, 4) is 0 Å². The van der Waals surface area contributed by atoms with Crippen LogP contribution in [0, 0.1) is 6.92 Å². The predicted octanol–water partition coefficient (Wildman–Crippen LogP) is 5.66. The summed E-state index contributed by atoms with van der Waals surface area (Å²) in [4.78, 5) is 17.0. The second-order valence-electron chi connectivity index (χ2n) is 6.83. The molecule has 4 aromatic rings.